The van der Waals surface area contributed by atoms with Crippen LogP contribution in [0.15, 0.2) is 10.3 Å². The Kier molecular flexibility index (Phi) is 4.92. The van der Waals surface area contributed by atoms with Crippen molar-refractivity contribution >= 4 is 38.6 Å². The zero-order chi connectivity index (χ0) is 15.8. The molecule has 0 saturated heterocycles. The second-order valence-electron chi connectivity index (χ2n) is 5.72. The van der Waals surface area contributed by atoms with Gasteiger partial charge in [-0.1, -0.05) is 25.4 Å². The highest BCUT2D eigenvalue weighted by Crippen LogP contribution is 2.37. The van der Waals surface area contributed by atoms with Crippen LogP contribution < -0.4 is 4.72 Å². The summed E-state index contributed by atoms with van der Waals surface area (Å²) in [6, 6.07) is 0.888. The second-order valence-corrected chi connectivity index (χ2v) is 9.31. The summed E-state index contributed by atoms with van der Waals surface area (Å²) in [6.45, 7) is 4.20. The molecule has 0 aliphatic heterocycles. The van der Waals surface area contributed by atoms with E-state index < -0.39 is 14.9 Å². The van der Waals surface area contributed by atoms with Gasteiger partial charge in [0.05, 0.1) is 4.92 Å². The Morgan fingerprint density at radius 3 is 2.38 bits per heavy atom. The first-order valence-electron chi connectivity index (χ1n) is 6.65. The Bertz CT molecular complexity index is 634. The molecule has 0 spiro atoms. The van der Waals surface area contributed by atoms with Crippen LogP contribution in [0.4, 0.5) is 5.69 Å². The Hall–Kier alpha value is -0.700. The summed E-state index contributed by atoms with van der Waals surface area (Å²) in [7, 11) is -3.76. The fourth-order valence-electron chi connectivity index (χ4n) is 2.92. The van der Waals surface area contributed by atoms with Crippen LogP contribution in [0.1, 0.15) is 33.1 Å². The van der Waals surface area contributed by atoms with Gasteiger partial charge in [-0.05, 0) is 31.1 Å². The molecule has 1 aliphatic rings. The molecule has 0 radical (unpaired) electrons. The number of nitrogens with one attached hydrogen (secondary N) is 1. The topological polar surface area (TPSA) is 89.3 Å². The van der Waals surface area contributed by atoms with Crippen molar-refractivity contribution in [3.8, 4) is 0 Å². The van der Waals surface area contributed by atoms with Gasteiger partial charge in [-0.15, -0.1) is 11.3 Å². The number of halogens is 1. The maximum atomic E-state index is 12.3. The lowest BCUT2D eigenvalue weighted by Crippen LogP contribution is -2.39. The van der Waals surface area contributed by atoms with Crippen LogP contribution in [0.25, 0.3) is 0 Å². The maximum absolute atomic E-state index is 12.3. The molecule has 0 aromatic carbocycles. The highest BCUT2D eigenvalue weighted by atomic mass is 35.5. The molecule has 1 aromatic rings. The minimum Gasteiger partial charge on any atom is -0.258 e. The standard InChI is InChI=1S/C12H17ClN2O4S2/c1-7-3-8(2)5-9(4-7)14-21(18,19)11-6-10(15(16)17)12(13)20-11/h6-9,14H,3-5H2,1-2H3. The molecule has 2 atom stereocenters. The van der Waals surface area contributed by atoms with Crippen LogP contribution in [-0.2, 0) is 10.0 Å². The minimum atomic E-state index is -3.76. The summed E-state index contributed by atoms with van der Waals surface area (Å²) in [5.41, 5.74) is -0.368. The normalized spacial score (nSPS) is 26.7. The van der Waals surface area contributed by atoms with E-state index in [0.717, 1.165) is 25.3 Å². The first-order chi connectivity index (χ1) is 9.69. The summed E-state index contributed by atoms with van der Waals surface area (Å²) in [5, 5.41) is 10.8. The lowest BCUT2D eigenvalue weighted by atomic mass is 9.81. The molecule has 6 nitrogen and oxygen atoms in total. The zero-order valence-electron chi connectivity index (χ0n) is 11.7. The van der Waals surface area contributed by atoms with E-state index in [2.05, 4.69) is 18.6 Å². The number of sulfonamides is 1. The molecule has 1 fully saturated rings. The average Bonchev–Trinajstić information content (AvgIpc) is 2.70. The van der Waals surface area contributed by atoms with E-state index in [4.69, 9.17) is 11.6 Å². The molecule has 1 heterocycles. The van der Waals surface area contributed by atoms with Crippen molar-refractivity contribution in [3.05, 3.63) is 20.5 Å². The van der Waals surface area contributed by atoms with Gasteiger partial charge in [0.15, 0.2) is 4.34 Å². The molecule has 9 heteroatoms. The molecule has 1 N–H and O–H groups in total. The summed E-state index contributed by atoms with van der Waals surface area (Å²) in [4.78, 5) is 10.1. The van der Waals surface area contributed by atoms with Gasteiger partial charge in [-0.25, -0.2) is 13.1 Å². The van der Waals surface area contributed by atoms with E-state index in [-0.39, 0.29) is 20.3 Å². The van der Waals surface area contributed by atoms with Crippen molar-refractivity contribution in [1.29, 1.82) is 0 Å². The molecule has 0 amide bonds. The maximum Gasteiger partial charge on any atom is 0.300 e. The van der Waals surface area contributed by atoms with Gasteiger partial charge in [-0.2, -0.15) is 0 Å². The Morgan fingerprint density at radius 1 is 1.33 bits per heavy atom. The van der Waals surface area contributed by atoms with Crippen LogP contribution in [0, 0.1) is 22.0 Å². The Labute approximate surface area is 132 Å². The molecule has 2 rings (SSSR count). The first-order valence-corrected chi connectivity index (χ1v) is 9.33. The fraction of sp³-hybridized carbons (Fsp3) is 0.667. The molecule has 118 valence electrons. The largest absolute Gasteiger partial charge is 0.300 e. The third kappa shape index (κ3) is 3.94. The summed E-state index contributed by atoms with van der Waals surface area (Å²) in [5.74, 6) is 0.922. The number of nitrogens with zero attached hydrogens (tertiary/aromatic N) is 1. The van der Waals surface area contributed by atoms with E-state index in [0.29, 0.717) is 23.2 Å². The molecule has 0 bridgehead atoms. The van der Waals surface area contributed by atoms with E-state index in [9.17, 15) is 18.5 Å². The van der Waals surface area contributed by atoms with Crippen molar-refractivity contribution in [2.24, 2.45) is 11.8 Å². The van der Waals surface area contributed by atoms with Crippen LogP contribution in [0.2, 0.25) is 4.34 Å². The van der Waals surface area contributed by atoms with Crippen molar-refractivity contribution in [1.82, 2.24) is 4.72 Å². The lowest BCUT2D eigenvalue weighted by molar-refractivity contribution is -0.384. The summed E-state index contributed by atoms with van der Waals surface area (Å²) < 4.78 is 27.1. The van der Waals surface area contributed by atoms with Gasteiger partial charge in [-0.3, -0.25) is 10.1 Å². The molecule has 1 aliphatic carbocycles. The number of hydrogen-bond acceptors (Lipinski definition) is 5. The summed E-state index contributed by atoms with van der Waals surface area (Å²) in [6.07, 6.45) is 2.66. The second kappa shape index (κ2) is 6.20. The SMILES string of the molecule is CC1CC(C)CC(NS(=O)(=O)c2cc([N+](=O)[O-])c(Cl)s2)C1. The number of nitro groups is 1. The fourth-order valence-corrected chi connectivity index (χ4v) is 5.86. The number of hydrogen-bond donors (Lipinski definition) is 1. The van der Waals surface area contributed by atoms with Gasteiger partial charge in [0.1, 0.15) is 4.21 Å². The van der Waals surface area contributed by atoms with Crippen LogP contribution in [-0.4, -0.2) is 19.4 Å². The highest BCUT2D eigenvalue weighted by molar-refractivity contribution is 7.91. The average molecular weight is 353 g/mol. The van der Waals surface area contributed by atoms with Crippen LogP contribution >= 0.6 is 22.9 Å². The van der Waals surface area contributed by atoms with Gasteiger partial charge in [0, 0.05) is 12.1 Å². The van der Waals surface area contributed by atoms with E-state index >= 15 is 0 Å². The van der Waals surface area contributed by atoms with E-state index in [1.165, 1.54) is 0 Å². The van der Waals surface area contributed by atoms with Gasteiger partial charge < -0.3 is 0 Å². The third-order valence-corrected chi connectivity index (χ3v) is 6.94. The molecule has 1 saturated carbocycles. The molecule has 2 unspecified atom stereocenters. The molecule has 21 heavy (non-hydrogen) atoms. The lowest BCUT2D eigenvalue weighted by Gasteiger charge is -2.31. The number of thiophene rings is 1. The third-order valence-electron chi connectivity index (χ3n) is 3.61. The quantitative estimate of drug-likeness (QED) is 0.664. The smallest absolute Gasteiger partial charge is 0.258 e. The van der Waals surface area contributed by atoms with Gasteiger partial charge >= 0.3 is 0 Å². The van der Waals surface area contributed by atoms with Crippen molar-refractivity contribution < 1.29 is 13.3 Å². The van der Waals surface area contributed by atoms with E-state index in [1.807, 2.05) is 0 Å². The predicted molar refractivity (Wildman–Crippen MR) is 82.3 cm³/mol. The molecular weight excluding hydrogens is 336 g/mol. The van der Waals surface area contributed by atoms with Crippen LogP contribution in [0.3, 0.4) is 0 Å². The van der Waals surface area contributed by atoms with Crippen LogP contribution in [0.5, 0.6) is 0 Å². The monoisotopic (exact) mass is 352 g/mol. The van der Waals surface area contributed by atoms with Crippen molar-refractivity contribution in [2.45, 2.75) is 43.4 Å². The number of rotatable bonds is 4. The Balaban J connectivity index is 2.18. The highest BCUT2D eigenvalue weighted by Gasteiger charge is 2.30. The summed E-state index contributed by atoms with van der Waals surface area (Å²) >= 11 is 6.43. The van der Waals surface area contributed by atoms with Gasteiger partial charge in [0.2, 0.25) is 0 Å². The molecular formula is C12H17ClN2O4S2. The predicted octanol–water partition coefficient (Wildman–Crippen LogP) is 3.41. The zero-order valence-corrected chi connectivity index (χ0v) is 14.1. The van der Waals surface area contributed by atoms with Gasteiger partial charge in [0.25, 0.3) is 15.7 Å². The van der Waals surface area contributed by atoms with Crippen molar-refractivity contribution in [2.75, 3.05) is 0 Å². The Morgan fingerprint density at radius 2 is 1.90 bits per heavy atom. The van der Waals surface area contributed by atoms with Crippen molar-refractivity contribution in [3.63, 3.8) is 0 Å². The first kappa shape index (κ1) is 16.7. The minimum absolute atomic E-state index is 0.106. The van der Waals surface area contributed by atoms with E-state index in [1.54, 1.807) is 0 Å². The molecule has 1 aromatic heterocycles.